The highest BCUT2D eigenvalue weighted by molar-refractivity contribution is 5.35. The van der Waals surface area contributed by atoms with Gasteiger partial charge in [0.2, 0.25) is 0 Å². The quantitative estimate of drug-likeness (QED) is 0.536. The second-order valence-electron chi connectivity index (χ2n) is 2.31. The summed E-state index contributed by atoms with van der Waals surface area (Å²) in [7, 11) is 0. The smallest absolute Gasteiger partial charge is 0.139 e. The van der Waals surface area contributed by atoms with Gasteiger partial charge in [0.25, 0.3) is 0 Å². The van der Waals surface area contributed by atoms with Gasteiger partial charge in [-0.1, -0.05) is 18.9 Å². The molecule has 1 aromatic carbocycles. The number of rotatable bonds is 1. The van der Waals surface area contributed by atoms with Crippen molar-refractivity contribution in [1.29, 1.82) is 0 Å². The predicted molar refractivity (Wildman–Crippen MR) is 43.7 cm³/mol. The predicted octanol–water partition coefficient (Wildman–Crippen LogP) is 2.37. The summed E-state index contributed by atoms with van der Waals surface area (Å²) in [6.07, 6.45) is 5.89. The van der Waals surface area contributed by atoms with Crippen LogP contribution in [0.2, 0.25) is 0 Å². The Balaban J connectivity index is 3.12. The first-order valence-electron chi connectivity index (χ1n) is 3.53. The zero-order chi connectivity index (χ0) is 8.27. The van der Waals surface area contributed by atoms with Crippen molar-refractivity contribution in [1.82, 2.24) is 0 Å². The summed E-state index contributed by atoms with van der Waals surface area (Å²) in [5.74, 6) is 1.97. The van der Waals surface area contributed by atoms with Crippen molar-refractivity contribution in [2.75, 3.05) is 0 Å². The van der Waals surface area contributed by atoms with Gasteiger partial charge < -0.3 is 0 Å². The average Bonchev–Trinajstić information content (AvgIpc) is 2.04. The average molecular weight is 148 g/mol. The van der Waals surface area contributed by atoms with Crippen LogP contribution in [0.4, 0.5) is 4.39 Å². The fourth-order valence-corrected chi connectivity index (χ4v) is 0.896. The van der Waals surface area contributed by atoms with Crippen LogP contribution in [-0.4, -0.2) is 0 Å². The standard InChI is InChI=1S/C10H9F/c1-3-8-5-6-9(4-2)10(11)7-8/h2,5-7H,3H2,1H3. The van der Waals surface area contributed by atoms with E-state index < -0.39 is 0 Å². The van der Waals surface area contributed by atoms with Gasteiger partial charge in [-0.05, 0) is 24.1 Å². The first-order chi connectivity index (χ1) is 5.27. The van der Waals surface area contributed by atoms with Crippen molar-refractivity contribution in [2.45, 2.75) is 13.3 Å². The van der Waals surface area contributed by atoms with Gasteiger partial charge in [-0.15, -0.1) is 6.42 Å². The van der Waals surface area contributed by atoms with Crippen molar-refractivity contribution in [3.05, 3.63) is 35.1 Å². The number of aryl methyl sites for hydroxylation is 1. The molecule has 0 nitrogen and oxygen atoms in total. The second-order valence-corrected chi connectivity index (χ2v) is 2.31. The van der Waals surface area contributed by atoms with Gasteiger partial charge in [0, 0.05) is 0 Å². The van der Waals surface area contributed by atoms with Crippen LogP contribution in [0.1, 0.15) is 18.1 Å². The molecule has 0 saturated carbocycles. The molecule has 0 saturated heterocycles. The Bertz CT molecular complexity index is 294. The highest BCUT2D eigenvalue weighted by Crippen LogP contribution is 2.09. The van der Waals surface area contributed by atoms with Crippen LogP contribution in [-0.2, 0) is 6.42 Å². The fraction of sp³-hybridized carbons (Fsp3) is 0.200. The minimum Gasteiger partial charge on any atom is -0.206 e. The van der Waals surface area contributed by atoms with Gasteiger partial charge in [-0.2, -0.15) is 0 Å². The summed E-state index contributed by atoms with van der Waals surface area (Å²) in [4.78, 5) is 0. The number of terminal acetylenes is 1. The van der Waals surface area contributed by atoms with E-state index in [0.717, 1.165) is 12.0 Å². The van der Waals surface area contributed by atoms with Crippen LogP contribution in [0, 0.1) is 18.2 Å². The van der Waals surface area contributed by atoms with Gasteiger partial charge in [0.15, 0.2) is 0 Å². The third-order valence-electron chi connectivity index (χ3n) is 1.60. The number of hydrogen-bond acceptors (Lipinski definition) is 0. The van der Waals surface area contributed by atoms with E-state index >= 15 is 0 Å². The highest BCUT2D eigenvalue weighted by atomic mass is 19.1. The van der Waals surface area contributed by atoms with Crippen LogP contribution in [0.3, 0.4) is 0 Å². The molecule has 56 valence electrons. The van der Waals surface area contributed by atoms with Crippen molar-refractivity contribution in [3.8, 4) is 12.3 Å². The lowest BCUT2D eigenvalue weighted by Gasteiger charge is -1.97. The van der Waals surface area contributed by atoms with E-state index in [4.69, 9.17) is 6.42 Å². The summed E-state index contributed by atoms with van der Waals surface area (Å²) < 4.78 is 12.9. The molecule has 0 spiro atoms. The van der Waals surface area contributed by atoms with E-state index in [1.807, 2.05) is 13.0 Å². The van der Waals surface area contributed by atoms with E-state index in [9.17, 15) is 4.39 Å². The zero-order valence-corrected chi connectivity index (χ0v) is 6.39. The Morgan fingerprint density at radius 2 is 2.27 bits per heavy atom. The van der Waals surface area contributed by atoms with E-state index in [1.165, 1.54) is 6.07 Å². The maximum atomic E-state index is 12.9. The molecule has 0 aliphatic heterocycles. The molecule has 1 heteroatoms. The Hall–Kier alpha value is -1.29. The van der Waals surface area contributed by atoms with E-state index in [0.29, 0.717) is 5.56 Å². The Labute approximate surface area is 66.1 Å². The molecule has 0 atom stereocenters. The molecule has 1 rings (SSSR count). The lowest BCUT2D eigenvalue weighted by Crippen LogP contribution is -1.86. The van der Waals surface area contributed by atoms with Gasteiger partial charge in [0.05, 0.1) is 5.56 Å². The van der Waals surface area contributed by atoms with Crippen LogP contribution >= 0.6 is 0 Å². The minimum absolute atomic E-state index is 0.299. The van der Waals surface area contributed by atoms with E-state index in [1.54, 1.807) is 6.07 Å². The third kappa shape index (κ3) is 1.59. The molecule has 0 N–H and O–H groups in total. The summed E-state index contributed by atoms with van der Waals surface area (Å²) in [6.45, 7) is 1.98. The Morgan fingerprint density at radius 1 is 1.55 bits per heavy atom. The van der Waals surface area contributed by atoms with Gasteiger partial charge in [-0.3, -0.25) is 0 Å². The molecule has 1 aromatic rings. The normalized spacial score (nSPS) is 9.18. The molecular formula is C10H9F. The van der Waals surface area contributed by atoms with Crippen molar-refractivity contribution >= 4 is 0 Å². The molecule has 0 fully saturated rings. The molecule has 0 amide bonds. The monoisotopic (exact) mass is 148 g/mol. The topological polar surface area (TPSA) is 0 Å². The number of halogens is 1. The highest BCUT2D eigenvalue weighted by Gasteiger charge is 1.98. The first-order valence-corrected chi connectivity index (χ1v) is 3.53. The zero-order valence-electron chi connectivity index (χ0n) is 6.39. The van der Waals surface area contributed by atoms with Crippen molar-refractivity contribution in [3.63, 3.8) is 0 Å². The maximum absolute atomic E-state index is 12.9. The van der Waals surface area contributed by atoms with Crippen LogP contribution in [0.5, 0.6) is 0 Å². The molecule has 0 heterocycles. The van der Waals surface area contributed by atoms with Crippen LogP contribution < -0.4 is 0 Å². The minimum atomic E-state index is -0.299. The molecule has 0 radical (unpaired) electrons. The molecule has 11 heavy (non-hydrogen) atoms. The molecular weight excluding hydrogens is 139 g/mol. The third-order valence-corrected chi connectivity index (χ3v) is 1.60. The molecule has 0 aliphatic carbocycles. The molecule has 0 aromatic heterocycles. The van der Waals surface area contributed by atoms with Crippen molar-refractivity contribution in [2.24, 2.45) is 0 Å². The molecule has 0 bridgehead atoms. The lowest BCUT2D eigenvalue weighted by molar-refractivity contribution is 0.622. The molecule has 0 aliphatic rings. The summed E-state index contributed by atoms with van der Waals surface area (Å²) in [5, 5.41) is 0. The summed E-state index contributed by atoms with van der Waals surface area (Å²) >= 11 is 0. The van der Waals surface area contributed by atoms with Gasteiger partial charge in [0.1, 0.15) is 5.82 Å². The Morgan fingerprint density at radius 3 is 2.73 bits per heavy atom. The number of hydrogen-bond donors (Lipinski definition) is 0. The molecule has 0 unspecified atom stereocenters. The van der Waals surface area contributed by atoms with Crippen LogP contribution in [0.25, 0.3) is 0 Å². The maximum Gasteiger partial charge on any atom is 0.139 e. The van der Waals surface area contributed by atoms with Gasteiger partial charge >= 0.3 is 0 Å². The summed E-state index contributed by atoms with van der Waals surface area (Å²) in [5.41, 5.74) is 1.31. The Kier molecular flexibility index (Phi) is 2.28. The fourth-order valence-electron chi connectivity index (χ4n) is 0.896. The largest absolute Gasteiger partial charge is 0.206 e. The van der Waals surface area contributed by atoms with E-state index in [-0.39, 0.29) is 5.82 Å². The summed E-state index contributed by atoms with van der Waals surface area (Å²) in [6, 6.07) is 4.96. The van der Waals surface area contributed by atoms with E-state index in [2.05, 4.69) is 5.92 Å². The lowest BCUT2D eigenvalue weighted by atomic mass is 10.1. The van der Waals surface area contributed by atoms with Crippen LogP contribution in [0.15, 0.2) is 18.2 Å². The van der Waals surface area contributed by atoms with Gasteiger partial charge in [-0.25, -0.2) is 4.39 Å². The van der Waals surface area contributed by atoms with Crippen molar-refractivity contribution < 1.29 is 4.39 Å². The first kappa shape index (κ1) is 7.81. The second kappa shape index (κ2) is 3.21. The SMILES string of the molecule is C#Cc1ccc(CC)cc1F. The number of benzene rings is 1.